The number of amides is 1. The number of benzene rings is 1. The number of unbranched alkanes of at least 4 members (excludes halogenated alkanes) is 2. The summed E-state index contributed by atoms with van der Waals surface area (Å²) >= 11 is 0. The Labute approximate surface area is 205 Å². The zero-order valence-electron chi connectivity index (χ0n) is 19.7. The molecular weight excluding hydrogens is 473 g/mol. The van der Waals surface area contributed by atoms with E-state index in [4.69, 9.17) is 5.73 Å². The van der Waals surface area contributed by atoms with E-state index >= 15 is 0 Å². The van der Waals surface area contributed by atoms with Crippen molar-refractivity contribution >= 4 is 23.1 Å². The minimum Gasteiger partial charge on any atom is -0.352 e. The van der Waals surface area contributed by atoms with Crippen LogP contribution in [0.3, 0.4) is 0 Å². The molecule has 0 spiro atoms. The number of aryl methyl sites for hydroxylation is 1. The number of carbonyl (C=O) groups excluding carboxylic acids is 1. The molecule has 0 aliphatic heterocycles. The first-order chi connectivity index (χ1) is 17.3. The summed E-state index contributed by atoms with van der Waals surface area (Å²) in [6.45, 7) is 3.19. The van der Waals surface area contributed by atoms with Crippen LogP contribution < -0.4 is 16.4 Å². The van der Waals surface area contributed by atoms with Gasteiger partial charge in [0.1, 0.15) is 0 Å². The highest BCUT2D eigenvalue weighted by Crippen LogP contribution is 2.36. The molecule has 12 heteroatoms. The number of nitrogens with two attached hydrogens (primary N) is 1. The summed E-state index contributed by atoms with van der Waals surface area (Å²) in [5.41, 5.74) is 7.06. The van der Waals surface area contributed by atoms with Crippen molar-refractivity contribution in [3.63, 3.8) is 0 Å². The summed E-state index contributed by atoms with van der Waals surface area (Å²) in [5.74, 6) is 0.227. The maximum Gasteiger partial charge on any atom is 0.435 e. The second kappa shape index (κ2) is 10.8. The van der Waals surface area contributed by atoms with Crippen molar-refractivity contribution in [1.29, 1.82) is 0 Å². The van der Waals surface area contributed by atoms with E-state index in [1.54, 1.807) is 12.1 Å². The highest BCUT2D eigenvalue weighted by Gasteiger charge is 2.37. The number of hydrogen-bond donors (Lipinski definition) is 4. The number of aromatic nitrogens is 5. The summed E-state index contributed by atoms with van der Waals surface area (Å²) in [5, 5.41) is 11.8. The summed E-state index contributed by atoms with van der Waals surface area (Å²) in [4.78, 5) is 21.3. The standard InChI is InChI=1S/C24H27F3N8O/c1-2-15-12-16(6-7-17(15)23(36)30-9-5-3-4-8-28)33-21-22-31-14-19(35(22)11-10-29-21)18-13-32-34-20(18)24(25,26)27/h6-7,10-14H,2-5,8-9,28H2,1H3,(H,29,33)(H,30,36)(H,32,34). The van der Waals surface area contributed by atoms with Crippen molar-refractivity contribution in [2.45, 2.75) is 38.8 Å². The van der Waals surface area contributed by atoms with Crippen LogP contribution in [0, 0.1) is 0 Å². The molecule has 4 aromatic rings. The number of halogens is 3. The summed E-state index contributed by atoms with van der Waals surface area (Å²) in [6.07, 6.45) is 4.34. The number of rotatable bonds is 10. The van der Waals surface area contributed by atoms with Gasteiger partial charge in [0.25, 0.3) is 5.91 Å². The zero-order chi connectivity index (χ0) is 25.7. The molecule has 190 valence electrons. The van der Waals surface area contributed by atoms with Crippen molar-refractivity contribution in [3.05, 3.63) is 59.8 Å². The first-order valence-corrected chi connectivity index (χ1v) is 11.6. The van der Waals surface area contributed by atoms with Crippen molar-refractivity contribution < 1.29 is 18.0 Å². The van der Waals surface area contributed by atoms with Gasteiger partial charge in [-0.3, -0.25) is 14.3 Å². The van der Waals surface area contributed by atoms with E-state index in [1.807, 2.05) is 13.0 Å². The normalized spacial score (nSPS) is 11.7. The first-order valence-electron chi connectivity index (χ1n) is 11.6. The highest BCUT2D eigenvalue weighted by molar-refractivity contribution is 5.96. The van der Waals surface area contributed by atoms with Crippen LogP contribution in [-0.4, -0.2) is 43.6 Å². The van der Waals surface area contributed by atoms with Gasteiger partial charge in [0.2, 0.25) is 0 Å². The smallest absolute Gasteiger partial charge is 0.352 e. The minimum absolute atomic E-state index is 0.112. The van der Waals surface area contributed by atoms with E-state index in [0.29, 0.717) is 42.2 Å². The predicted molar refractivity (Wildman–Crippen MR) is 130 cm³/mol. The number of H-pyrrole nitrogens is 1. The maximum absolute atomic E-state index is 13.3. The van der Waals surface area contributed by atoms with Gasteiger partial charge in [0, 0.05) is 36.4 Å². The fourth-order valence-corrected chi connectivity index (χ4v) is 3.97. The summed E-state index contributed by atoms with van der Waals surface area (Å²) in [7, 11) is 0. The third-order valence-corrected chi connectivity index (χ3v) is 5.77. The molecule has 0 unspecified atom stereocenters. The van der Waals surface area contributed by atoms with Crippen LogP contribution in [0.25, 0.3) is 16.9 Å². The van der Waals surface area contributed by atoms with Gasteiger partial charge in [-0.15, -0.1) is 0 Å². The van der Waals surface area contributed by atoms with Crippen LogP contribution in [0.2, 0.25) is 0 Å². The average molecular weight is 501 g/mol. The monoisotopic (exact) mass is 500 g/mol. The predicted octanol–water partition coefficient (Wildman–Crippen LogP) is 4.30. The third kappa shape index (κ3) is 5.33. The maximum atomic E-state index is 13.3. The molecule has 4 rings (SSSR count). The van der Waals surface area contributed by atoms with Crippen molar-refractivity contribution in [2.24, 2.45) is 5.73 Å². The Morgan fingerprint density at radius 3 is 2.78 bits per heavy atom. The largest absolute Gasteiger partial charge is 0.435 e. The molecule has 0 saturated carbocycles. The van der Waals surface area contributed by atoms with Crippen molar-refractivity contribution in [1.82, 2.24) is 29.9 Å². The van der Waals surface area contributed by atoms with Crippen LogP contribution in [0.1, 0.15) is 47.8 Å². The van der Waals surface area contributed by atoms with Crippen LogP contribution >= 0.6 is 0 Å². The van der Waals surface area contributed by atoms with E-state index in [-0.39, 0.29) is 17.2 Å². The van der Waals surface area contributed by atoms with Crippen LogP contribution in [0.15, 0.2) is 43.0 Å². The van der Waals surface area contributed by atoms with Gasteiger partial charge >= 0.3 is 6.18 Å². The number of aromatic amines is 1. The van der Waals surface area contributed by atoms with Gasteiger partial charge in [-0.1, -0.05) is 13.3 Å². The fraction of sp³-hybridized carbons (Fsp3) is 0.333. The molecule has 0 aliphatic carbocycles. The number of alkyl halides is 3. The number of anilines is 2. The molecule has 0 radical (unpaired) electrons. The Hall–Kier alpha value is -3.93. The SMILES string of the molecule is CCc1cc(Nc2nccn3c(-c4c[nH]nc4C(F)(F)F)cnc23)ccc1C(=O)NCCCCCN. The Balaban J connectivity index is 1.56. The van der Waals surface area contributed by atoms with Gasteiger partial charge in [-0.25, -0.2) is 9.97 Å². The lowest BCUT2D eigenvalue weighted by molar-refractivity contribution is -0.140. The molecule has 0 atom stereocenters. The molecular formula is C24H27F3N8O. The quantitative estimate of drug-likeness (QED) is 0.241. The molecule has 36 heavy (non-hydrogen) atoms. The van der Waals surface area contributed by atoms with Crippen LogP contribution in [0.4, 0.5) is 24.7 Å². The van der Waals surface area contributed by atoms with Crippen molar-refractivity contribution in [2.75, 3.05) is 18.4 Å². The average Bonchev–Trinajstić information content (AvgIpc) is 3.51. The van der Waals surface area contributed by atoms with Crippen molar-refractivity contribution in [3.8, 4) is 11.3 Å². The molecule has 1 aromatic carbocycles. The van der Waals surface area contributed by atoms with Gasteiger partial charge in [-0.2, -0.15) is 18.3 Å². The summed E-state index contributed by atoms with van der Waals surface area (Å²) in [6, 6.07) is 5.36. The van der Waals surface area contributed by atoms with Crippen LogP contribution in [-0.2, 0) is 12.6 Å². The highest BCUT2D eigenvalue weighted by atomic mass is 19.4. The number of hydrogen-bond acceptors (Lipinski definition) is 6. The summed E-state index contributed by atoms with van der Waals surface area (Å²) < 4.78 is 41.6. The van der Waals surface area contributed by atoms with E-state index < -0.39 is 11.9 Å². The molecule has 0 bridgehead atoms. The molecule has 1 amide bonds. The Morgan fingerprint density at radius 1 is 1.19 bits per heavy atom. The molecule has 0 saturated heterocycles. The van der Waals surface area contributed by atoms with Gasteiger partial charge in [0.15, 0.2) is 17.2 Å². The van der Waals surface area contributed by atoms with E-state index in [2.05, 4.69) is 30.8 Å². The molecule has 3 aromatic heterocycles. The van der Waals surface area contributed by atoms with Gasteiger partial charge in [-0.05, 0) is 49.6 Å². The van der Waals surface area contributed by atoms with Gasteiger partial charge in [0.05, 0.1) is 17.5 Å². The molecule has 3 heterocycles. The Kier molecular flexibility index (Phi) is 7.53. The zero-order valence-corrected chi connectivity index (χ0v) is 19.7. The Morgan fingerprint density at radius 2 is 2.03 bits per heavy atom. The van der Waals surface area contributed by atoms with Gasteiger partial charge < -0.3 is 16.4 Å². The number of carbonyl (C=O) groups is 1. The second-order valence-electron chi connectivity index (χ2n) is 8.21. The third-order valence-electron chi connectivity index (χ3n) is 5.77. The fourth-order valence-electron chi connectivity index (χ4n) is 3.97. The minimum atomic E-state index is -4.61. The number of nitrogens with zero attached hydrogens (tertiary/aromatic N) is 4. The van der Waals surface area contributed by atoms with E-state index in [0.717, 1.165) is 24.8 Å². The lowest BCUT2D eigenvalue weighted by Crippen LogP contribution is -2.25. The molecule has 0 fully saturated rings. The topological polar surface area (TPSA) is 126 Å². The van der Waals surface area contributed by atoms with Crippen LogP contribution in [0.5, 0.6) is 0 Å². The second-order valence-corrected chi connectivity index (χ2v) is 8.21. The molecule has 9 nitrogen and oxygen atoms in total. The lowest BCUT2D eigenvalue weighted by atomic mass is 10.0. The van der Waals surface area contributed by atoms with E-state index in [9.17, 15) is 18.0 Å². The lowest BCUT2D eigenvalue weighted by Gasteiger charge is -2.13. The number of nitrogens with one attached hydrogen (secondary N) is 3. The van der Waals surface area contributed by atoms with E-state index in [1.165, 1.54) is 29.2 Å². The number of fused-ring (bicyclic) bond motifs is 1. The molecule has 5 N–H and O–H groups in total. The Bertz CT molecular complexity index is 1340. The first kappa shape index (κ1) is 25.2. The number of imidazole rings is 1. The molecule has 0 aliphatic rings.